The van der Waals surface area contributed by atoms with Gasteiger partial charge in [0.05, 0.1) is 21.9 Å². The maximum atomic E-state index is 12.7. The molecule has 3 aromatic rings. The van der Waals surface area contributed by atoms with Crippen LogP contribution in [-0.4, -0.2) is 20.6 Å². The fourth-order valence-corrected chi connectivity index (χ4v) is 2.78. The van der Waals surface area contributed by atoms with Crippen LogP contribution < -0.4 is 10.9 Å². The Morgan fingerprint density at radius 1 is 1.20 bits per heavy atom. The van der Waals surface area contributed by atoms with Crippen molar-refractivity contribution in [3.8, 4) is 17.3 Å². The number of benzene rings is 2. The molecule has 0 aliphatic rings. The van der Waals surface area contributed by atoms with E-state index >= 15 is 0 Å². The van der Waals surface area contributed by atoms with E-state index in [1.54, 1.807) is 6.07 Å². The van der Waals surface area contributed by atoms with E-state index in [1.807, 2.05) is 37.3 Å². The number of carbonyl (C=O) groups is 1. The topological polar surface area (TPSA) is 131 Å². The molecule has 0 spiro atoms. The maximum Gasteiger partial charge on any atom is 0.270 e. The Bertz CT molecular complexity index is 1230. The lowest BCUT2D eigenvalue weighted by Gasteiger charge is -2.15. The molecule has 0 radical (unpaired) electrons. The Kier molecular flexibility index (Phi) is 5.69. The van der Waals surface area contributed by atoms with Crippen molar-refractivity contribution in [2.24, 2.45) is 0 Å². The lowest BCUT2D eigenvalue weighted by molar-refractivity contribution is -0.384. The summed E-state index contributed by atoms with van der Waals surface area (Å²) in [6.07, 6.45) is 0. The number of nitro groups is 1. The van der Waals surface area contributed by atoms with Crippen molar-refractivity contribution < 1.29 is 9.72 Å². The van der Waals surface area contributed by atoms with E-state index in [-0.39, 0.29) is 16.9 Å². The van der Waals surface area contributed by atoms with Gasteiger partial charge >= 0.3 is 0 Å². The van der Waals surface area contributed by atoms with E-state index in [9.17, 15) is 25.0 Å². The molecule has 1 amide bonds. The van der Waals surface area contributed by atoms with Crippen molar-refractivity contribution in [1.82, 2.24) is 9.78 Å². The molecule has 0 aliphatic heterocycles. The lowest BCUT2D eigenvalue weighted by atomic mass is 10.1. The number of rotatable bonds is 5. The zero-order chi connectivity index (χ0) is 21.8. The summed E-state index contributed by atoms with van der Waals surface area (Å²) >= 11 is 0. The van der Waals surface area contributed by atoms with Gasteiger partial charge in [-0.15, -0.1) is 0 Å². The van der Waals surface area contributed by atoms with Crippen LogP contribution >= 0.6 is 0 Å². The molecule has 0 saturated heterocycles. The highest BCUT2D eigenvalue weighted by Gasteiger charge is 2.20. The van der Waals surface area contributed by atoms with E-state index in [1.165, 1.54) is 25.1 Å². The molecule has 1 aromatic heterocycles. The fraction of sp³-hybridized carbons (Fsp3) is 0.143. The van der Waals surface area contributed by atoms with Crippen LogP contribution in [0.1, 0.15) is 24.1 Å². The van der Waals surface area contributed by atoms with Crippen LogP contribution in [0.2, 0.25) is 0 Å². The SMILES string of the molecule is Cc1ccc(-c2ccc(=O)n(C(C)C(=O)Nc3ccc([N+](=O)[O-])cc3C#N)n2)cc1. The molecule has 2 aromatic carbocycles. The summed E-state index contributed by atoms with van der Waals surface area (Å²) in [5.74, 6) is -0.587. The Morgan fingerprint density at radius 2 is 1.90 bits per heavy atom. The number of anilines is 1. The molecule has 1 atom stereocenters. The zero-order valence-corrected chi connectivity index (χ0v) is 16.2. The highest BCUT2D eigenvalue weighted by molar-refractivity contribution is 5.94. The van der Waals surface area contributed by atoms with Gasteiger partial charge in [-0.1, -0.05) is 29.8 Å². The molecule has 1 unspecified atom stereocenters. The maximum absolute atomic E-state index is 12.7. The first-order valence-electron chi connectivity index (χ1n) is 8.96. The quantitative estimate of drug-likeness (QED) is 0.514. The predicted octanol–water partition coefficient (Wildman–Crippen LogP) is 3.20. The molecule has 0 bridgehead atoms. The molecule has 3 rings (SSSR count). The van der Waals surface area contributed by atoms with Crippen LogP contribution in [0.5, 0.6) is 0 Å². The van der Waals surface area contributed by atoms with Gasteiger partial charge in [-0.2, -0.15) is 10.4 Å². The number of nitrogens with one attached hydrogen (secondary N) is 1. The van der Waals surface area contributed by atoms with E-state index in [0.717, 1.165) is 21.9 Å². The van der Waals surface area contributed by atoms with Crippen LogP contribution in [0.25, 0.3) is 11.3 Å². The van der Waals surface area contributed by atoms with E-state index in [0.29, 0.717) is 5.69 Å². The molecular weight excluding hydrogens is 386 g/mol. The molecule has 1 N–H and O–H groups in total. The summed E-state index contributed by atoms with van der Waals surface area (Å²) in [4.78, 5) is 35.2. The van der Waals surface area contributed by atoms with Crippen LogP contribution in [0.15, 0.2) is 59.4 Å². The Labute approximate surface area is 171 Å². The Morgan fingerprint density at radius 3 is 2.53 bits per heavy atom. The third kappa shape index (κ3) is 4.23. The first-order valence-corrected chi connectivity index (χ1v) is 8.96. The largest absolute Gasteiger partial charge is 0.323 e. The van der Waals surface area contributed by atoms with Gasteiger partial charge in [-0.3, -0.25) is 19.7 Å². The molecule has 150 valence electrons. The summed E-state index contributed by atoms with van der Waals surface area (Å²) in [6.45, 7) is 3.46. The van der Waals surface area contributed by atoms with E-state index in [2.05, 4.69) is 10.4 Å². The van der Waals surface area contributed by atoms with Crippen LogP contribution in [-0.2, 0) is 4.79 Å². The van der Waals surface area contributed by atoms with Gasteiger partial charge < -0.3 is 5.32 Å². The number of non-ortho nitro benzene ring substituents is 1. The van der Waals surface area contributed by atoms with Crippen molar-refractivity contribution in [3.63, 3.8) is 0 Å². The van der Waals surface area contributed by atoms with Crippen LogP contribution in [0.3, 0.4) is 0 Å². The highest BCUT2D eigenvalue weighted by atomic mass is 16.6. The van der Waals surface area contributed by atoms with E-state index in [4.69, 9.17) is 0 Å². The van der Waals surface area contributed by atoms with Crippen molar-refractivity contribution in [2.45, 2.75) is 19.9 Å². The average Bonchev–Trinajstić information content (AvgIpc) is 2.74. The minimum atomic E-state index is -0.982. The van der Waals surface area contributed by atoms with Gasteiger partial charge in [0.15, 0.2) is 0 Å². The Hall–Kier alpha value is -4.32. The number of nitrogens with zero attached hydrogens (tertiary/aromatic N) is 4. The van der Waals surface area contributed by atoms with Crippen LogP contribution in [0, 0.1) is 28.4 Å². The third-order valence-electron chi connectivity index (χ3n) is 4.51. The molecular formula is C21H17N5O4. The first kappa shape index (κ1) is 20.4. The fourth-order valence-electron chi connectivity index (χ4n) is 2.78. The second-order valence-corrected chi connectivity index (χ2v) is 6.63. The molecule has 30 heavy (non-hydrogen) atoms. The van der Waals surface area contributed by atoms with Gasteiger partial charge in [0.2, 0.25) is 5.91 Å². The molecule has 1 heterocycles. The first-order chi connectivity index (χ1) is 14.3. The standard InChI is InChI=1S/C21H17N5O4/c1-13-3-5-15(6-4-13)19-9-10-20(27)25(24-19)14(2)21(28)23-18-8-7-17(26(29)30)11-16(18)12-22/h3-11,14H,1-2H3,(H,23,28). The third-order valence-corrected chi connectivity index (χ3v) is 4.51. The molecule has 9 heteroatoms. The monoisotopic (exact) mass is 403 g/mol. The normalized spacial score (nSPS) is 11.4. The summed E-state index contributed by atoms with van der Waals surface area (Å²) < 4.78 is 1.06. The molecule has 0 saturated carbocycles. The second kappa shape index (κ2) is 8.36. The number of nitriles is 1. The minimum Gasteiger partial charge on any atom is -0.323 e. The number of hydrogen-bond acceptors (Lipinski definition) is 6. The van der Waals surface area contributed by atoms with Gasteiger partial charge in [-0.25, -0.2) is 4.68 Å². The van der Waals surface area contributed by atoms with Crippen molar-refractivity contribution in [2.75, 3.05) is 5.32 Å². The summed E-state index contributed by atoms with van der Waals surface area (Å²) in [7, 11) is 0. The van der Waals surface area contributed by atoms with Crippen molar-refractivity contribution in [1.29, 1.82) is 5.26 Å². The zero-order valence-electron chi connectivity index (χ0n) is 16.2. The minimum absolute atomic E-state index is 0.0570. The average molecular weight is 403 g/mol. The second-order valence-electron chi connectivity index (χ2n) is 6.63. The number of aryl methyl sites for hydroxylation is 1. The predicted molar refractivity (Wildman–Crippen MR) is 110 cm³/mol. The summed E-state index contributed by atoms with van der Waals surface area (Å²) in [5, 5.41) is 26.9. The van der Waals surface area contributed by atoms with Crippen LogP contribution in [0.4, 0.5) is 11.4 Å². The van der Waals surface area contributed by atoms with Crippen molar-refractivity contribution in [3.05, 3.63) is 86.2 Å². The van der Waals surface area contributed by atoms with Crippen molar-refractivity contribution >= 4 is 17.3 Å². The lowest BCUT2D eigenvalue weighted by Crippen LogP contribution is -2.33. The summed E-state index contributed by atoms with van der Waals surface area (Å²) in [5.41, 5.74) is 1.74. The smallest absolute Gasteiger partial charge is 0.270 e. The number of amides is 1. The van der Waals surface area contributed by atoms with Gasteiger partial charge in [-0.05, 0) is 26.0 Å². The Balaban J connectivity index is 1.89. The van der Waals surface area contributed by atoms with Gasteiger partial charge in [0.1, 0.15) is 12.1 Å². The molecule has 9 nitrogen and oxygen atoms in total. The molecule has 0 fully saturated rings. The van der Waals surface area contributed by atoms with Gasteiger partial charge in [0, 0.05) is 23.8 Å². The van der Waals surface area contributed by atoms with Gasteiger partial charge in [0.25, 0.3) is 11.2 Å². The summed E-state index contributed by atoms with van der Waals surface area (Å²) in [6, 6.07) is 14.9. The highest BCUT2D eigenvalue weighted by Crippen LogP contribution is 2.22. The van der Waals surface area contributed by atoms with E-state index < -0.39 is 22.4 Å². The number of aromatic nitrogens is 2. The number of hydrogen-bond donors (Lipinski definition) is 1. The molecule has 0 aliphatic carbocycles. The number of nitro benzene ring substituents is 1. The number of carbonyl (C=O) groups excluding carboxylic acids is 1.